The molecule has 0 atom stereocenters. The molecule has 4 nitrogen and oxygen atoms in total. The summed E-state index contributed by atoms with van der Waals surface area (Å²) in [7, 11) is 0. The van der Waals surface area contributed by atoms with E-state index in [2.05, 4.69) is 5.32 Å². The van der Waals surface area contributed by atoms with Crippen molar-refractivity contribution in [1.29, 1.82) is 0 Å². The Kier molecular flexibility index (Phi) is 5.63. The summed E-state index contributed by atoms with van der Waals surface area (Å²) in [6.45, 7) is 2.76. The van der Waals surface area contributed by atoms with E-state index in [-0.39, 0.29) is 18.3 Å². The second-order valence-electron chi connectivity index (χ2n) is 5.89. The maximum absolute atomic E-state index is 13.6. The zero-order valence-corrected chi connectivity index (χ0v) is 15.2. The van der Waals surface area contributed by atoms with Gasteiger partial charge >= 0.3 is 0 Å². The summed E-state index contributed by atoms with van der Waals surface area (Å²) in [6, 6.07) is 13.8. The fraction of sp³-hybridized carbons (Fsp3) is 0.200. The molecule has 0 radical (unpaired) electrons. The summed E-state index contributed by atoms with van der Waals surface area (Å²) in [5, 5.41) is 3.39. The molecule has 0 spiro atoms. The van der Waals surface area contributed by atoms with Crippen molar-refractivity contribution >= 4 is 29.3 Å². The van der Waals surface area contributed by atoms with Crippen LogP contribution in [0.1, 0.15) is 24.5 Å². The number of rotatable bonds is 6. The number of thiocarbonyl (C=S) groups is 1. The largest absolute Gasteiger partial charge is 0.489 e. The lowest BCUT2D eigenvalue weighted by Crippen LogP contribution is -2.31. The monoisotopic (exact) mass is 370 g/mol. The highest BCUT2D eigenvalue weighted by Gasteiger charge is 2.29. The Balaban J connectivity index is 1.65. The molecule has 1 amide bonds. The Labute approximate surface area is 157 Å². The van der Waals surface area contributed by atoms with E-state index in [1.807, 2.05) is 19.1 Å². The Bertz CT molecular complexity index is 849. The van der Waals surface area contributed by atoms with Crippen LogP contribution >= 0.6 is 12.2 Å². The van der Waals surface area contributed by atoms with Crippen LogP contribution in [0.15, 0.2) is 54.2 Å². The van der Waals surface area contributed by atoms with Crippen LogP contribution in [0.5, 0.6) is 5.75 Å². The molecule has 2 aromatic rings. The minimum atomic E-state index is -0.285. The number of halogens is 1. The summed E-state index contributed by atoms with van der Waals surface area (Å²) in [5.41, 5.74) is 1.81. The molecule has 1 saturated heterocycles. The van der Waals surface area contributed by atoms with Crippen LogP contribution in [0.25, 0.3) is 6.08 Å². The van der Waals surface area contributed by atoms with Gasteiger partial charge in [0.2, 0.25) is 0 Å². The van der Waals surface area contributed by atoms with E-state index < -0.39 is 0 Å². The minimum Gasteiger partial charge on any atom is -0.489 e. The quantitative estimate of drug-likeness (QED) is 0.619. The van der Waals surface area contributed by atoms with Gasteiger partial charge in [-0.1, -0.05) is 37.3 Å². The number of hydrogen-bond donors (Lipinski definition) is 1. The highest BCUT2D eigenvalue weighted by atomic mass is 32.1. The minimum absolute atomic E-state index is 0.114. The van der Waals surface area contributed by atoms with Crippen molar-refractivity contribution in [3.63, 3.8) is 0 Å². The lowest BCUT2D eigenvalue weighted by atomic mass is 10.2. The highest BCUT2D eigenvalue weighted by molar-refractivity contribution is 7.80. The fourth-order valence-electron chi connectivity index (χ4n) is 2.60. The fourth-order valence-corrected chi connectivity index (χ4v) is 2.89. The second-order valence-corrected chi connectivity index (χ2v) is 6.28. The van der Waals surface area contributed by atoms with Crippen molar-refractivity contribution in [3.05, 3.63) is 71.2 Å². The van der Waals surface area contributed by atoms with Gasteiger partial charge in [0.05, 0.1) is 0 Å². The Morgan fingerprint density at radius 1 is 1.19 bits per heavy atom. The van der Waals surface area contributed by atoms with E-state index in [1.54, 1.807) is 41.3 Å². The average Bonchev–Trinajstić information content (AvgIpc) is 2.90. The molecule has 134 valence electrons. The van der Waals surface area contributed by atoms with Crippen molar-refractivity contribution in [2.45, 2.75) is 20.0 Å². The first-order valence-corrected chi connectivity index (χ1v) is 8.80. The maximum Gasteiger partial charge on any atom is 0.276 e. The van der Waals surface area contributed by atoms with Gasteiger partial charge in [-0.2, -0.15) is 0 Å². The third kappa shape index (κ3) is 4.08. The molecule has 3 rings (SSSR count). The zero-order valence-electron chi connectivity index (χ0n) is 14.4. The molecule has 1 fully saturated rings. The first kappa shape index (κ1) is 18.1. The lowest BCUT2D eigenvalue weighted by molar-refractivity contribution is -0.122. The van der Waals surface area contributed by atoms with Gasteiger partial charge in [0.15, 0.2) is 5.11 Å². The molecule has 1 heterocycles. The first-order chi connectivity index (χ1) is 12.6. The maximum atomic E-state index is 13.6. The number of carbonyl (C=O) groups is 1. The number of nitrogens with zero attached hydrogens (tertiary/aromatic N) is 1. The van der Waals surface area contributed by atoms with Gasteiger partial charge in [0, 0.05) is 12.1 Å². The zero-order chi connectivity index (χ0) is 18.5. The smallest absolute Gasteiger partial charge is 0.276 e. The van der Waals surface area contributed by atoms with Crippen LogP contribution in [-0.4, -0.2) is 22.5 Å². The van der Waals surface area contributed by atoms with Crippen LogP contribution in [0.3, 0.4) is 0 Å². The number of carbonyl (C=O) groups excluding carboxylic acids is 1. The first-order valence-electron chi connectivity index (χ1n) is 8.39. The predicted octanol–water partition coefficient (Wildman–Crippen LogP) is 3.87. The third-order valence-corrected chi connectivity index (χ3v) is 4.28. The molecular formula is C20H19FN2O2S. The summed E-state index contributed by atoms with van der Waals surface area (Å²) in [4.78, 5) is 13.9. The van der Waals surface area contributed by atoms with Gasteiger partial charge in [0.25, 0.3) is 5.91 Å². The van der Waals surface area contributed by atoms with Gasteiger partial charge in [-0.25, -0.2) is 4.39 Å². The molecule has 26 heavy (non-hydrogen) atoms. The van der Waals surface area contributed by atoms with E-state index in [1.165, 1.54) is 6.07 Å². The van der Waals surface area contributed by atoms with Crippen molar-refractivity contribution in [1.82, 2.24) is 10.2 Å². The van der Waals surface area contributed by atoms with Gasteiger partial charge < -0.3 is 10.1 Å². The molecule has 0 saturated carbocycles. The second kappa shape index (κ2) is 8.10. The number of hydrogen-bond acceptors (Lipinski definition) is 3. The molecule has 6 heteroatoms. The van der Waals surface area contributed by atoms with Crippen molar-refractivity contribution < 1.29 is 13.9 Å². The lowest BCUT2D eigenvalue weighted by Gasteiger charge is -2.11. The number of nitrogens with one attached hydrogen (secondary N) is 1. The van der Waals surface area contributed by atoms with E-state index in [9.17, 15) is 9.18 Å². The van der Waals surface area contributed by atoms with E-state index in [4.69, 9.17) is 17.0 Å². The average molecular weight is 370 g/mol. The van der Waals surface area contributed by atoms with E-state index in [0.29, 0.717) is 28.7 Å². The van der Waals surface area contributed by atoms with Gasteiger partial charge in [0.1, 0.15) is 23.9 Å². The van der Waals surface area contributed by atoms with Gasteiger partial charge in [-0.05, 0) is 48.5 Å². The van der Waals surface area contributed by atoms with Gasteiger partial charge in [-0.3, -0.25) is 9.69 Å². The Morgan fingerprint density at radius 2 is 1.92 bits per heavy atom. The SMILES string of the molecule is CCCN1C(=O)C(=Cc2ccc(OCc3ccccc3F)cc2)NC1=S. The van der Waals surface area contributed by atoms with Crippen LogP contribution < -0.4 is 10.1 Å². The Morgan fingerprint density at radius 3 is 2.62 bits per heavy atom. The molecule has 0 aliphatic carbocycles. The molecule has 1 aliphatic rings. The van der Waals surface area contributed by atoms with Crippen LogP contribution in [-0.2, 0) is 11.4 Å². The van der Waals surface area contributed by atoms with Crippen molar-refractivity contribution in [3.8, 4) is 5.75 Å². The standard InChI is InChI=1S/C20H19FN2O2S/c1-2-11-23-19(24)18(22-20(23)26)12-14-7-9-16(10-8-14)25-13-15-5-3-4-6-17(15)21/h3-10,12H,2,11,13H2,1H3,(H,22,26). The molecule has 0 aromatic heterocycles. The molecular weight excluding hydrogens is 351 g/mol. The number of benzene rings is 2. The number of ether oxygens (including phenoxy) is 1. The van der Waals surface area contributed by atoms with Crippen molar-refractivity contribution in [2.75, 3.05) is 6.54 Å². The van der Waals surface area contributed by atoms with Crippen LogP contribution in [0.2, 0.25) is 0 Å². The predicted molar refractivity (Wildman–Crippen MR) is 103 cm³/mol. The molecule has 1 N–H and O–H groups in total. The topological polar surface area (TPSA) is 41.6 Å². The molecule has 0 bridgehead atoms. The van der Waals surface area contributed by atoms with Crippen LogP contribution in [0, 0.1) is 5.82 Å². The van der Waals surface area contributed by atoms with Crippen LogP contribution in [0.4, 0.5) is 4.39 Å². The summed E-state index contributed by atoms with van der Waals surface area (Å²) in [5.74, 6) is 0.230. The van der Waals surface area contributed by atoms with E-state index in [0.717, 1.165) is 12.0 Å². The summed E-state index contributed by atoms with van der Waals surface area (Å²) >= 11 is 5.19. The number of amides is 1. The summed E-state index contributed by atoms with van der Waals surface area (Å²) < 4.78 is 19.2. The molecule has 0 unspecified atom stereocenters. The van der Waals surface area contributed by atoms with E-state index >= 15 is 0 Å². The normalized spacial score (nSPS) is 15.5. The Hall–Kier alpha value is -2.73. The third-order valence-electron chi connectivity index (χ3n) is 3.95. The molecule has 1 aliphatic heterocycles. The molecule has 2 aromatic carbocycles. The van der Waals surface area contributed by atoms with Gasteiger partial charge in [-0.15, -0.1) is 0 Å². The highest BCUT2D eigenvalue weighted by Crippen LogP contribution is 2.19. The van der Waals surface area contributed by atoms with Crippen molar-refractivity contribution in [2.24, 2.45) is 0 Å². The summed E-state index contributed by atoms with van der Waals surface area (Å²) in [6.07, 6.45) is 2.60.